The van der Waals surface area contributed by atoms with E-state index in [-0.39, 0.29) is 6.04 Å². The van der Waals surface area contributed by atoms with Gasteiger partial charge in [0.1, 0.15) is 0 Å². The topological polar surface area (TPSA) is 24.9 Å². The fourth-order valence-corrected chi connectivity index (χ4v) is 3.15. The van der Waals surface area contributed by atoms with Gasteiger partial charge < -0.3 is 5.32 Å². The smallest absolute Gasteiger partial charge is 0.0601 e. The Morgan fingerprint density at radius 1 is 0.900 bits per heavy atom. The number of pyridine rings is 1. The lowest BCUT2D eigenvalue weighted by atomic mass is 9.89. The van der Waals surface area contributed by atoms with Crippen LogP contribution < -0.4 is 5.32 Å². The second kappa shape index (κ2) is 4.73. The summed E-state index contributed by atoms with van der Waals surface area (Å²) in [5, 5.41) is 6.14. The maximum absolute atomic E-state index is 4.42. The molecule has 2 aromatic carbocycles. The first-order valence-corrected chi connectivity index (χ1v) is 7.07. The van der Waals surface area contributed by atoms with E-state index in [0.29, 0.717) is 0 Å². The van der Waals surface area contributed by atoms with Crippen molar-refractivity contribution >= 4 is 10.8 Å². The molecule has 1 aliphatic heterocycles. The van der Waals surface area contributed by atoms with E-state index in [1.54, 1.807) is 0 Å². The number of fused-ring (bicyclic) bond motifs is 2. The predicted octanol–water partition coefficient (Wildman–Crippen LogP) is 3.47. The van der Waals surface area contributed by atoms with Gasteiger partial charge >= 0.3 is 0 Å². The average Bonchev–Trinajstić information content (AvgIpc) is 2.54. The minimum Gasteiger partial charge on any atom is -0.306 e. The van der Waals surface area contributed by atoms with Gasteiger partial charge in [-0.3, -0.25) is 4.98 Å². The van der Waals surface area contributed by atoms with Crippen molar-refractivity contribution in [2.24, 2.45) is 0 Å². The molecule has 20 heavy (non-hydrogen) atoms. The van der Waals surface area contributed by atoms with Gasteiger partial charge in [-0.2, -0.15) is 0 Å². The third kappa shape index (κ3) is 1.81. The lowest BCUT2D eigenvalue weighted by molar-refractivity contribution is 0.569. The van der Waals surface area contributed by atoms with Crippen LogP contribution in [0.15, 0.2) is 60.9 Å². The van der Waals surface area contributed by atoms with Gasteiger partial charge in [-0.25, -0.2) is 0 Å². The van der Waals surface area contributed by atoms with Crippen molar-refractivity contribution in [3.8, 4) is 0 Å². The zero-order valence-corrected chi connectivity index (χ0v) is 11.2. The highest BCUT2D eigenvalue weighted by molar-refractivity contribution is 5.85. The molecule has 4 rings (SSSR count). The summed E-state index contributed by atoms with van der Waals surface area (Å²) in [6, 6.07) is 17.4. The first-order chi connectivity index (χ1) is 9.93. The molecule has 1 aromatic heterocycles. The molecule has 0 bridgehead atoms. The van der Waals surface area contributed by atoms with Crippen LogP contribution in [0.5, 0.6) is 0 Å². The number of rotatable bonds is 1. The molecule has 0 saturated carbocycles. The van der Waals surface area contributed by atoms with Crippen LogP contribution >= 0.6 is 0 Å². The monoisotopic (exact) mass is 260 g/mol. The summed E-state index contributed by atoms with van der Waals surface area (Å²) in [6.45, 7) is 1.02. The van der Waals surface area contributed by atoms with E-state index in [2.05, 4.69) is 58.8 Å². The van der Waals surface area contributed by atoms with Crippen molar-refractivity contribution in [3.63, 3.8) is 0 Å². The maximum Gasteiger partial charge on any atom is 0.0601 e. The molecule has 0 spiro atoms. The van der Waals surface area contributed by atoms with E-state index >= 15 is 0 Å². The minimum absolute atomic E-state index is 0.249. The van der Waals surface area contributed by atoms with Crippen molar-refractivity contribution < 1.29 is 0 Å². The summed E-state index contributed by atoms with van der Waals surface area (Å²) < 4.78 is 0. The van der Waals surface area contributed by atoms with Gasteiger partial charge in [0.25, 0.3) is 0 Å². The summed E-state index contributed by atoms with van der Waals surface area (Å²) in [5.41, 5.74) is 4.11. The maximum atomic E-state index is 4.42. The fourth-order valence-electron chi connectivity index (χ4n) is 3.15. The Morgan fingerprint density at radius 2 is 1.75 bits per heavy atom. The first kappa shape index (κ1) is 11.6. The zero-order chi connectivity index (χ0) is 13.4. The van der Waals surface area contributed by atoms with E-state index in [1.807, 2.05) is 12.4 Å². The summed E-state index contributed by atoms with van der Waals surface area (Å²) >= 11 is 0. The Kier molecular flexibility index (Phi) is 2.75. The van der Waals surface area contributed by atoms with Crippen molar-refractivity contribution in [3.05, 3.63) is 77.6 Å². The fraction of sp³-hybridized carbons (Fsp3) is 0.167. The van der Waals surface area contributed by atoms with Crippen LogP contribution in [0.25, 0.3) is 10.8 Å². The Labute approximate surface area is 118 Å². The number of nitrogens with zero attached hydrogens (tertiary/aromatic N) is 1. The number of aromatic nitrogens is 1. The van der Waals surface area contributed by atoms with Crippen LogP contribution in [0.2, 0.25) is 0 Å². The van der Waals surface area contributed by atoms with Crippen LogP contribution in [0.1, 0.15) is 22.7 Å². The largest absolute Gasteiger partial charge is 0.306 e. The molecule has 0 aliphatic carbocycles. The molecule has 2 heterocycles. The van der Waals surface area contributed by atoms with E-state index in [4.69, 9.17) is 0 Å². The standard InChI is InChI=1S/C18H16N2/c1-4-8-16-13(5-1)9-10-20-18(16)17-12-19-11-14-6-2-3-7-15(14)17/h1-8,11-12,18,20H,9-10H2. The highest BCUT2D eigenvalue weighted by atomic mass is 14.9. The number of hydrogen-bond donors (Lipinski definition) is 1. The van der Waals surface area contributed by atoms with Crippen molar-refractivity contribution in [2.45, 2.75) is 12.5 Å². The highest BCUT2D eigenvalue weighted by Crippen LogP contribution is 2.32. The number of nitrogens with one attached hydrogen (secondary N) is 1. The summed E-state index contributed by atoms with van der Waals surface area (Å²) in [4.78, 5) is 4.42. The normalized spacial score (nSPS) is 17.9. The molecule has 1 atom stereocenters. The molecule has 0 amide bonds. The van der Waals surface area contributed by atoms with Crippen LogP contribution in [-0.2, 0) is 6.42 Å². The third-order valence-corrected chi connectivity index (χ3v) is 4.12. The van der Waals surface area contributed by atoms with Gasteiger partial charge in [0, 0.05) is 24.3 Å². The summed E-state index contributed by atoms with van der Waals surface area (Å²) in [6.07, 6.45) is 5.04. The molecule has 1 aliphatic rings. The Hall–Kier alpha value is -2.19. The second-order valence-corrected chi connectivity index (χ2v) is 5.29. The lowest BCUT2D eigenvalue weighted by Crippen LogP contribution is -2.30. The number of hydrogen-bond acceptors (Lipinski definition) is 2. The Morgan fingerprint density at radius 3 is 2.75 bits per heavy atom. The SMILES string of the molecule is c1ccc2c(c1)CCNC2c1cncc2ccccc12. The van der Waals surface area contributed by atoms with Gasteiger partial charge in [-0.15, -0.1) is 0 Å². The van der Waals surface area contributed by atoms with Gasteiger partial charge in [-0.1, -0.05) is 48.5 Å². The molecule has 0 radical (unpaired) electrons. The molecule has 1 unspecified atom stereocenters. The molecule has 0 saturated heterocycles. The molecule has 2 nitrogen and oxygen atoms in total. The van der Waals surface area contributed by atoms with E-state index in [9.17, 15) is 0 Å². The van der Waals surface area contributed by atoms with E-state index in [0.717, 1.165) is 13.0 Å². The molecule has 2 heteroatoms. The van der Waals surface area contributed by atoms with Gasteiger partial charge in [0.2, 0.25) is 0 Å². The molecule has 0 fully saturated rings. The molecule has 98 valence electrons. The van der Waals surface area contributed by atoms with Crippen molar-refractivity contribution in [1.29, 1.82) is 0 Å². The molecule has 1 N–H and O–H groups in total. The third-order valence-electron chi connectivity index (χ3n) is 4.12. The predicted molar refractivity (Wildman–Crippen MR) is 81.7 cm³/mol. The molecular formula is C18H16N2. The summed E-state index contributed by atoms with van der Waals surface area (Å²) in [5.74, 6) is 0. The molecular weight excluding hydrogens is 244 g/mol. The average molecular weight is 260 g/mol. The Balaban J connectivity index is 1.93. The highest BCUT2D eigenvalue weighted by Gasteiger charge is 2.22. The van der Waals surface area contributed by atoms with Crippen molar-refractivity contribution in [2.75, 3.05) is 6.54 Å². The second-order valence-electron chi connectivity index (χ2n) is 5.29. The van der Waals surface area contributed by atoms with Gasteiger partial charge in [0.05, 0.1) is 6.04 Å². The number of benzene rings is 2. The quantitative estimate of drug-likeness (QED) is 0.724. The zero-order valence-electron chi connectivity index (χ0n) is 11.2. The van der Waals surface area contributed by atoms with Crippen LogP contribution in [0.3, 0.4) is 0 Å². The summed E-state index contributed by atoms with van der Waals surface area (Å²) in [7, 11) is 0. The molecule has 3 aromatic rings. The minimum atomic E-state index is 0.249. The van der Waals surface area contributed by atoms with Gasteiger partial charge in [-0.05, 0) is 28.5 Å². The Bertz CT molecular complexity index is 759. The van der Waals surface area contributed by atoms with Gasteiger partial charge in [0.15, 0.2) is 0 Å². The van der Waals surface area contributed by atoms with Crippen LogP contribution in [0.4, 0.5) is 0 Å². The van der Waals surface area contributed by atoms with Crippen molar-refractivity contribution in [1.82, 2.24) is 10.3 Å². The first-order valence-electron chi connectivity index (χ1n) is 7.07. The van der Waals surface area contributed by atoms with E-state index < -0.39 is 0 Å². The van der Waals surface area contributed by atoms with E-state index in [1.165, 1.54) is 27.5 Å². The van der Waals surface area contributed by atoms with Crippen LogP contribution in [0, 0.1) is 0 Å². The van der Waals surface area contributed by atoms with Crippen LogP contribution in [-0.4, -0.2) is 11.5 Å². The lowest BCUT2D eigenvalue weighted by Gasteiger charge is -2.28.